The highest BCUT2D eigenvalue weighted by molar-refractivity contribution is 5.91. The SMILES string of the molecule is Cc1cccc(N(N)C(=O)N(C)N)c1COc1cccc(-c2cccc3c2OCC3)n1. The molecule has 0 spiro atoms. The summed E-state index contributed by atoms with van der Waals surface area (Å²) in [6, 6.07) is 16.7. The number of carbonyl (C=O) groups is 1. The summed E-state index contributed by atoms with van der Waals surface area (Å²) in [5, 5.41) is 1.94. The molecular weight excluding hydrogens is 394 g/mol. The molecular formula is C23H25N5O3. The number of hydrazine groups is 2. The number of para-hydroxylation sites is 1. The number of rotatable bonds is 5. The Morgan fingerprint density at radius 2 is 1.90 bits per heavy atom. The first-order valence-corrected chi connectivity index (χ1v) is 9.96. The summed E-state index contributed by atoms with van der Waals surface area (Å²) in [6.45, 7) is 2.81. The van der Waals surface area contributed by atoms with Gasteiger partial charge in [-0.15, -0.1) is 0 Å². The number of aromatic nitrogens is 1. The fraction of sp³-hybridized carbons (Fsp3) is 0.217. The van der Waals surface area contributed by atoms with Crippen molar-refractivity contribution in [3.05, 3.63) is 71.3 Å². The summed E-state index contributed by atoms with van der Waals surface area (Å²) in [6.07, 6.45) is 0.904. The van der Waals surface area contributed by atoms with Gasteiger partial charge in [0.1, 0.15) is 12.4 Å². The normalized spacial score (nSPS) is 12.1. The number of aryl methyl sites for hydroxylation is 1. The lowest BCUT2D eigenvalue weighted by atomic mass is 10.1. The number of pyridine rings is 1. The molecule has 8 nitrogen and oxygen atoms in total. The van der Waals surface area contributed by atoms with Crippen LogP contribution in [-0.4, -0.2) is 29.7 Å². The number of anilines is 1. The molecule has 4 rings (SSSR count). The van der Waals surface area contributed by atoms with E-state index in [1.807, 2.05) is 43.3 Å². The van der Waals surface area contributed by atoms with E-state index < -0.39 is 6.03 Å². The molecule has 2 heterocycles. The summed E-state index contributed by atoms with van der Waals surface area (Å²) >= 11 is 0. The quantitative estimate of drug-likeness (QED) is 0.374. The molecule has 1 aliphatic rings. The fourth-order valence-corrected chi connectivity index (χ4v) is 3.58. The van der Waals surface area contributed by atoms with Gasteiger partial charge >= 0.3 is 6.03 Å². The van der Waals surface area contributed by atoms with Crippen LogP contribution in [-0.2, 0) is 13.0 Å². The highest BCUT2D eigenvalue weighted by atomic mass is 16.5. The van der Waals surface area contributed by atoms with E-state index in [2.05, 4.69) is 11.1 Å². The van der Waals surface area contributed by atoms with Crippen molar-refractivity contribution in [2.45, 2.75) is 20.0 Å². The average Bonchev–Trinajstić information content (AvgIpc) is 3.26. The molecule has 0 saturated carbocycles. The zero-order chi connectivity index (χ0) is 22.0. The van der Waals surface area contributed by atoms with Gasteiger partial charge in [0.2, 0.25) is 5.88 Å². The summed E-state index contributed by atoms with van der Waals surface area (Å²) in [5.74, 6) is 12.9. The lowest BCUT2D eigenvalue weighted by molar-refractivity contribution is 0.216. The Balaban J connectivity index is 1.58. The lowest BCUT2D eigenvalue weighted by Crippen LogP contribution is -2.49. The molecule has 2 aromatic carbocycles. The van der Waals surface area contributed by atoms with Gasteiger partial charge in [-0.05, 0) is 36.2 Å². The number of carbonyl (C=O) groups excluding carboxylic acids is 1. The predicted octanol–water partition coefficient (Wildman–Crippen LogP) is 3.18. The fourth-order valence-electron chi connectivity index (χ4n) is 3.58. The molecule has 2 amide bonds. The van der Waals surface area contributed by atoms with Crippen LogP contribution in [0.3, 0.4) is 0 Å². The number of urea groups is 1. The second-order valence-electron chi connectivity index (χ2n) is 7.38. The van der Waals surface area contributed by atoms with Crippen LogP contribution in [0, 0.1) is 6.92 Å². The Kier molecular flexibility index (Phi) is 5.75. The molecule has 0 atom stereocenters. The van der Waals surface area contributed by atoms with E-state index in [0.717, 1.165) is 44.6 Å². The van der Waals surface area contributed by atoms with E-state index in [9.17, 15) is 4.79 Å². The zero-order valence-corrected chi connectivity index (χ0v) is 17.5. The maximum absolute atomic E-state index is 12.2. The van der Waals surface area contributed by atoms with E-state index in [-0.39, 0.29) is 6.61 Å². The van der Waals surface area contributed by atoms with E-state index in [1.165, 1.54) is 12.6 Å². The maximum Gasteiger partial charge on any atom is 0.352 e. The Bertz CT molecular complexity index is 1120. The molecule has 0 unspecified atom stereocenters. The monoisotopic (exact) mass is 419 g/mol. The van der Waals surface area contributed by atoms with Crippen molar-refractivity contribution < 1.29 is 14.3 Å². The number of fused-ring (bicyclic) bond motifs is 1. The number of hydrogen-bond acceptors (Lipinski definition) is 6. The first-order chi connectivity index (χ1) is 15.0. The number of nitrogens with two attached hydrogens (primary N) is 2. The van der Waals surface area contributed by atoms with Gasteiger partial charge in [-0.1, -0.05) is 30.3 Å². The minimum Gasteiger partial charge on any atom is -0.492 e. The highest BCUT2D eigenvalue weighted by Gasteiger charge is 2.20. The molecule has 0 aliphatic carbocycles. The van der Waals surface area contributed by atoms with Crippen LogP contribution >= 0.6 is 0 Å². The largest absolute Gasteiger partial charge is 0.492 e. The molecule has 0 saturated heterocycles. The smallest absolute Gasteiger partial charge is 0.352 e. The molecule has 3 aromatic rings. The number of amides is 2. The van der Waals surface area contributed by atoms with Gasteiger partial charge in [0, 0.05) is 30.7 Å². The molecule has 1 aromatic heterocycles. The third-order valence-electron chi connectivity index (χ3n) is 5.23. The Labute approximate surface area is 180 Å². The lowest BCUT2D eigenvalue weighted by Gasteiger charge is -2.24. The van der Waals surface area contributed by atoms with E-state index in [4.69, 9.17) is 21.2 Å². The second kappa shape index (κ2) is 8.63. The number of ether oxygens (including phenoxy) is 2. The van der Waals surface area contributed by atoms with E-state index >= 15 is 0 Å². The third kappa shape index (κ3) is 4.16. The molecule has 0 radical (unpaired) electrons. The Hall–Kier alpha value is -3.62. The average molecular weight is 419 g/mol. The molecule has 0 fully saturated rings. The molecule has 31 heavy (non-hydrogen) atoms. The van der Waals surface area contributed by atoms with Crippen molar-refractivity contribution >= 4 is 11.7 Å². The first kappa shape index (κ1) is 20.6. The van der Waals surface area contributed by atoms with Gasteiger partial charge in [0.05, 0.1) is 18.0 Å². The number of hydrogen-bond donors (Lipinski definition) is 2. The van der Waals surface area contributed by atoms with Crippen molar-refractivity contribution in [3.63, 3.8) is 0 Å². The van der Waals surface area contributed by atoms with Gasteiger partial charge in [-0.25, -0.2) is 26.5 Å². The van der Waals surface area contributed by atoms with Gasteiger partial charge < -0.3 is 9.47 Å². The predicted molar refractivity (Wildman–Crippen MR) is 118 cm³/mol. The summed E-state index contributed by atoms with van der Waals surface area (Å²) in [5.41, 5.74) is 5.14. The second-order valence-corrected chi connectivity index (χ2v) is 7.38. The summed E-state index contributed by atoms with van der Waals surface area (Å²) in [4.78, 5) is 16.9. The van der Waals surface area contributed by atoms with E-state index in [0.29, 0.717) is 18.2 Å². The molecule has 8 heteroatoms. The van der Waals surface area contributed by atoms with E-state index in [1.54, 1.807) is 12.1 Å². The van der Waals surface area contributed by atoms with Gasteiger partial charge in [0.15, 0.2) is 0 Å². The highest BCUT2D eigenvalue weighted by Crippen LogP contribution is 2.36. The van der Waals surface area contributed by atoms with Crippen LogP contribution in [0.15, 0.2) is 54.6 Å². The number of benzene rings is 2. The van der Waals surface area contributed by atoms with Crippen molar-refractivity contribution in [3.8, 4) is 22.9 Å². The maximum atomic E-state index is 12.2. The van der Waals surface area contributed by atoms with Crippen molar-refractivity contribution in [2.75, 3.05) is 18.7 Å². The Morgan fingerprint density at radius 1 is 1.13 bits per heavy atom. The van der Waals surface area contributed by atoms with Crippen LogP contribution in [0.4, 0.5) is 10.5 Å². The molecule has 160 valence electrons. The zero-order valence-electron chi connectivity index (χ0n) is 17.5. The topological polar surface area (TPSA) is 107 Å². The summed E-state index contributed by atoms with van der Waals surface area (Å²) in [7, 11) is 1.44. The van der Waals surface area contributed by atoms with Gasteiger partial charge in [-0.3, -0.25) is 5.01 Å². The third-order valence-corrected chi connectivity index (χ3v) is 5.23. The van der Waals surface area contributed by atoms with Crippen LogP contribution in [0.5, 0.6) is 11.6 Å². The summed E-state index contributed by atoms with van der Waals surface area (Å²) < 4.78 is 11.8. The minimum absolute atomic E-state index is 0.192. The van der Waals surface area contributed by atoms with Gasteiger partial charge in [-0.2, -0.15) is 0 Å². The van der Waals surface area contributed by atoms with Gasteiger partial charge in [0.25, 0.3) is 0 Å². The van der Waals surface area contributed by atoms with Crippen LogP contribution < -0.4 is 26.2 Å². The first-order valence-electron chi connectivity index (χ1n) is 9.96. The molecule has 4 N–H and O–H groups in total. The minimum atomic E-state index is -0.537. The molecule has 1 aliphatic heterocycles. The van der Waals surface area contributed by atoms with Crippen LogP contribution in [0.2, 0.25) is 0 Å². The van der Waals surface area contributed by atoms with Crippen molar-refractivity contribution in [2.24, 2.45) is 11.7 Å². The molecule has 0 bridgehead atoms. The number of nitrogens with zero attached hydrogens (tertiary/aromatic N) is 3. The van der Waals surface area contributed by atoms with Crippen LogP contribution in [0.1, 0.15) is 16.7 Å². The standard InChI is InChI=1S/C23H25N5O3/c1-15-6-3-10-20(28(25)23(29)27(2)24)18(15)14-31-21-11-5-9-19(26-21)17-8-4-7-16-12-13-30-22(16)17/h3-11H,12-14,24-25H2,1-2H3. The van der Waals surface area contributed by atoms with Crippen LogP contribution in [0.25, 0.3) is 11.3 Å². The van der Waals surface area contributed by atoms with Crippen molar-refractivity contribution in [1.29, 1.82) is 0 Å². The van der Waals surface area contributed by atoms with Crippen molar-refractivity contribution in [1.82, 2.24) is 9.99 Å². The Morgan fingerprint density at radius 3 is 2.71 bits per heavy atom.